The number of rotatable bonds is 4. The van der Waals surface area contributed by atoms with Crippen LogP contribution in [0.25, 0.3) is 11.3 Å². The number of alkyl halides is 2. The standard InChI is InChI=1S/C18H17F2N5O2/c19-15(20)10-25-18(27)24-9-8-23(11-16(24)22-25)17(26)14-7-6-13(21-14)12-4-2-1-3-5-12/h1-7,15,21H,8-11H2. The Balaban J connectivity index is 1.53. The van der Waals surface area contributed by atoms with Crippen LogP contribution in [0.15, 0.2) is 47.3 Å². The van der Waals surface area contributed by atoms with Crippen molar-refractivity contribution in [1.82, 2.24) is 24.2 Å². The number of benzene rings is 1. The quantitative estimate of drug-likeness (QED) is 0.760. The van der Waals surface area contributed by atoms with E-state index in [2.05, 4.69) is 10.1 Å². The van der Waals surface area contributed by atoms with Crippen molar-refractivity contribution in [2.24, 2.45) is 0 Å². The van der Waals surface area contributed by atoms with Gasteiger partial charge < -0.3 is 9.88 Å². The van der Waals surface area contributed by atoms with E-state index >= 15 is 0 Å². The second kappa shape index (κ2) is 6.82. The maximum absolute atomic E-state index is 12.8. The number of aromatic nitrogens is 4. The predicted molar refractivity (Wildman–Crippen MR) is 93.5 cm³/mol. The van der Waals surface area contributed by atoms with E-state index in [9.17, 15) is 18.4 Å². The molecule has 1 amide bonds. The van der Waals surface area contributed by atoms with Crippen molar-refractivity contribution in [1.29, 1.82) is 0 Å². The minimum Gasteiger partial charge on any atom is -0.351 e. The normalized spacial score (nSPS) is 13.8. The minimum atomic E-state index is -2.66. The van der Waals surface area contributed by atoms with Gasteiger partial charge in [-0.3, -0.25) is 9.36 Å². The molecule has 140 valence electrons. The highest BCUT2D eigenvalue weighted by molar-refractivity contribution is 5.93. The fourth-order valence-electron chi connectivity index (χ4n) is 3.20. The van der Waals surface area contributed by atoms with E-state index in [4.69, 9.17) is 0 Å². The largest absolute Gasteiger partial charge is 0.351 e. The smallest absolute Gasteiger partial charge is 0.346 e. The number of carbonyl (C=O) groups is 1. The molecular formula is C18H17F2N5O2. The van der Waals surface area contributed by atoms with Crippen LogP contribution in [0.1, 0.15) is 16.3 Å². The molecule has 0 fully saturated rings. The molecule has 1 aliphatic heterocycles. The zero-order valence-electron chi connectivity index (χ0n) is 14.3. The molecule has 0 saturated carbocycles. The number of H-pyrrole nitrogens is 1. The number of halogens is 2. The first-order chi connectivity index (χ1) is 13.0. The van der Waals surface area contributed by atoms with E-state index in [1.54, 1.807) is 11.0 Å². The molecule has 2 aromatic heterocycles. The molecule has 3 heterocycles. The third-order valence-electron chi connectivity index (χ3n) is 4.52. The second-order valence-corrected chi connectivity index (χ2v) is 6.30. The van der Waals surface area contributed by atoms with Gasteiger partial charge in [-0.2, -0.15) is 5.10 Å². The number of amides is 1. The zero-order chi connectivity index (χ0) is 19.0. The summed E-state index contributed by atoms with van der Waals surface area (Å²) in [7, 11) is 0. The summed E-state index contributed by atoms with van der Waals surface area (Å²) >= 11 is 0. The van der Waals surface area contributed by atoms with Crippen LogP contribution in [0, 0.1) is 0 Å². The summed E-state index contributed by atoms with van der Waals surface area (Å²) in [6.07, 6.45) is -2.66. The number of aromatic amines is 1. The number of nitrogens with one attached hydrogen (secondary N) is 1. The molecule has 0 unspecified atom stereocenters. The van der Waals surface area contributed by atoms with Gasteiger partial charge in [0.15, 0.2) is 5.82 Å². The predicted octanol–water partition coefficient (Wildman–Crippen LogP) is 1.96. The van der Waals surface area contributed by atoms with Crippen molar-refractivity contribution in [2.45, 2.75) is 26.1 Å². The van der Waals surface area contributed by atoms with Crippen molar-refractivity contribution in [3.63, 3.8) is 0 Å². The zero-order valence-corrected chi connectivity index (χ0v) is 14.3. The summed E-state index contributed by atoms with van der Waals surface area (Å²) in [5.41, 5.74) is 1.66. The number of hydrogen-bond donors (Lipinski definition) is 1. The summed E-state index contributed by atoms with van der Waals surface area (Å²) in [5, 5.41) is 3.95. The van der Waals surface area contributed by atoms with Crippen molar-refractivity contribution in [2.75, 3.05) is 6.54 Å². The molecule has 7 nitrogen and oxygen atoms in total. The van der Waals surface area contributed by atoms with Crippen LogP contribution in [0.4, 0.5) is 8.78 Å². The number of hydrogen-bond acceptors (Lipinski definition) is 3. The van der Waals surface area contributed by atoms with E-state index in [-0.39, 0.29) is 19.0 Å². The molecule has 0 spiro atoms. The van der Waals surface area contributed by atoms with E-state index in [1.165, 1.54) is 4.57 Å². The molecule has 1 aromatic carbocycles. The maximum Gasteiger partial charge on any atom is 0.346 e. The van der Waals surface area contributed by atoms with E-state index in [0.29, 0.717) is 18.1 Å². The highest BCUT2D eigenvalue weighted by Crippen LogP contribution is 2.20. The molecule has 0 saturated heterocycles. The summed E-state index contributed by atoms with van der Waals surface area (Å²) in [4.78, 5) is 29.5. The minimum absolute atomic E-state index is 0.101. The third kappa shape index (κ3) is 3.27. The highest BCUT2D eigenvalue weighted by atomic mass is 19.3. The van der Waals surface area contributed by atoms with Gasteiger partial charge in [-0.05, 0) is 17.7 Å². The lowest BCUT2D eigenvalue weighted by molar-refractivity contribution is 0.0701. The summed E-state index contributed by atoms with van der Waals surface area (Å²) in [6.45, 7) is -0.102. The van der Waals surface area contributed by atoms with Crippen LogP contribution >= 0.6 is 0 Å². The van der Waals surface area contributed by atoms with Gasteiger partial charge in [0.2, 0.25) is 0 Å². The van der Waals surface area contributed by atoms with Gasteiger partial charge in [0.05, 0.1) is 6.54 Å². The Morgan fingerprint density at radius 2 is 1.93 bits per heavy atom. The monoisotopic (exact) mass is 373 g/mol. The van der Waals surface area contributed by atoms with Crippen molar-refractivity contribution in [3.05, 3.63) is 64.5 Å². The summed E-state index contributed by atoms with van der Waals surface area (Å²) < 4.78 is 27.2. The lowest BCUT2D eigenvalue weighted by Gasteiger charge is -2.26. The third-order valence-corrected chi connectivity index (χ3v) is 4.52. The van der Waals surface area contributed by atoms with Crippen LogP contribution in [0.3, 0.4) is 0 Å². The Morgan fingerprint density at radius 3 is 2.67 bits per heavy atom. The van der Waals surface area contributed by atoms with Gasteiger partial charge in [0.1, 0.15) is 12.2 Å². The highest BCUT2D eigenvalue weighted by Gasteiger charge is 2.27. The van der Waals surface area contributed by atoms with E-state index in [1.807, 2.05) is 36.4 Å². The van der Waals surface area contributed by atoms with Crippen LogP contribution in [0.2, 0.25) is 0 Å². The Morgan fingerprint density at radius 1 is 1.15 bits per heavy atom. The number of fused-ring (bicyclic) bond motifs is 1. The second-order valence-electron chi connectivity index (χ2n) is 6.30. The van der Waals surface area contributed by atoms with Crippen LogP contribution in [-0.2, 0) is 19.6 Å². The molecule has 1 aliphatic rings. The molecule has 0 aliphatic carbocycles. The molecule has 3 aromatic rings. The van der Waals surface area contributed by atoms with Gasteiger partial charge in [0, 0.05) is 18.8 Å². The summed E-state index contributed by atoms with van der Waals surface area (Å²) in [5.74, 6) is 0.0920. The number of carbonyl (C=O) groups excluding carboxylic acids is 1. The van der Waals surface area contributed by atoms with Crippen molar-refractivity contribution in [3.8, 4) is 11.3 Å². The molecule has 0 radical (unpaired) electrons. The molecule has 27 heavy (non-hydrogen) atoms. The Labute approximate surface area is 152 Å². The van der Waals surface area contributed by atoms with Gasteiger partial charge >= 0.3 is 5.69 Å². The molecule has 9 heteroatoms. The lowest BCUT2D eigenvalue weighted by atomic mass is 10.2. The molecule has 4 rings (SSSR count). The van der Waals surface area contributed by atoms with Crippen LogP contribution in [0.5, 0.6) is 0 Å². The summed E-state index contributed by atoms with van der Waals surface area (Å²) in [6, 6.07) is 13.2. The molecular weight excluding hydrogens is 356 g/mol. The maximum atomic E-state index is 12.8. The lowest BCUT2D eigenvalue weighted by Crippen LogP contribution is -2.41. The average Bonchev–Trinajstić information content (AvgIpc) is 3.27. The van der Waals surface area contributed by atoms with Gasteiger partial charge in [-0.25, -0.2) is 18.3 Å². The van der Waals surface area contributed by atoms with Crippen molar-refractivity contribution < 1.29 is 13.6 Å². The number of nitrogens with zero attached hydrogens (tertiary/aromatic N) is 4. The van der Waals surface area contributed by atoms with Gasteiger partial charge in [-0.1, -0.05) is 30.3 Å². The SMILES string of the molecule is O=C(c1ccc(-c2ccccc2)[nH]1)N1CCn2c(nn(CC(F)F)c2=O)C1. The van der Waals surface area contributed by atoms with Gasteiger partial charge in [0.25, 0.3) is 12.3 Å². The first-order valence-corrected chi connectivity index (χ1v) is 8.51. The van der Waals surface area contributed by atoms with Crippen LogP contribution in [-0.4, -0.2) is 43.1 Å². The van der Waals surface area contributed by atoms with E-state index in [0.717, 1.165) is 15.9 Å². The Bertz CT molecular complexity index is 1020. The molecule has 0 bridgehead atoms. The average molecular weight is 373 g/mol. The van der Waals surface area contributed by atoms with E-state index < -0.39 is 18.7 Å². The molecule has 1 N–H and O–H groups in total. The fourth-order valence-corrected chi connectivity index (χ4v) is 3.20. The fraction of sp³-hybridized carbons (Fsp3) is 0.278. The Hall–Kier alpha value is -3.23. The topological polar surface area (TPSA) is 75.9 Å². The van der Waals surface area contributed by atoms with Crippen molar-refractivity contribution >= 4 is 5.91 Å². The molecule has 0 atom stereocenters. The first kappa shape index (κ1) is 17.2. The van der Waals surface area contributed by atoms with Crippen LogP contribution < -0.4 is 5.69 Å². The Kier molecular flexibility index (Phi) is 4.35. The first-order valence-electron chi connectivity index (χ1n) is 8.51. The van der Waals surface area contributed by atoms with Gasteiger partial charge in [-0.15, -0.1) is 0 Å².